The number of rotatable bonds is 7. The average Bonchev–Trinajstić information content (AvgIpc) is 3.21. The van der Waals surface area contributed by atoms with E-state index >= 15 is 0 Å². The van der Waals surface area contributed by atoms with E-state index in [-0.39, 0.29) is 18.1 Å². The number of hydrogen-bond acceptors (Lipinski definition) is 6. The Morgan fingerprint density at radius 2 is 1.87 bits per heavy atom. The summed E-state index contributed by atoms with van der Waals surface area (Å²) in [5, 5.41) is 17.4. The molecule has 1 heterocycles. The number of furan rings is 1. The molecule has 0 bridgehead atoms. The highest BCUT2D eigenvalue weighted by atomic mass is 16.6. The van der Waals surface area contributed by atoms with Crippen molar-refractivity contribution in [1.29, 1.82) is 0 Å². The van der Waals surface area contributed by atoms with Gasteiger partial charge in [0.2, 0.25) is 0 Å². The second-order valence-corrected chi connectivity index (χ2v) is 6.70. The number of carbonyl (C=O) groups is 2. The van der Waals surface area contributed by atoms with Crippen LogP contribution in [-0.4, -0.2) is 29.5 Å². The molecular formula is C22H20N4O5. The van der Waals surface area contributed by atoms with Gasteiger partial charge in [-0.15, -0.1) is 0 Å². The number of nitro benzene ring substituents is 1. The van der Waals surface area contributed by atoms with Gasteiger partial charge >= 0.3 is 0 Å². The molecule has 9 nitrogen and oxygen atoms in total. The zero-order valence-electron chi connectivity index (χ0n) is 16.9. The van der Waals surface area contributed by atoms with Crippen molar-refractivity contribution in [2.45, 2.75) is 13.8 Å². The number of nitrogens with zero attached hydrogens (tertiary/aromatic N) is 2. The van der Waals surface area contributed by atoms with Crippen LogP contribution >= 0.6 is 0 Å². The molecule has 9 heteroatoms. The third-order valence-electron chi connectivity index (χ3n) is 4.57. The Balaban J connectivity index is 1.56. The molecule has 0 aliphatic carbocycles. The van der Waals surface area contributed by atoms with E-state index in [1.165, 1.54) is 12.3 Å². The summed E-state index contributed by atoms with van der Waals surface area (Å²) in [4.78, 5) is 34.7. The lowest BCUT2D eigenvalue weighted by Gasteiger charge is -2.06. The van der Waals surface area contributed by atoms with Crippen LogP contribution in [0.3, 0.4) is 0 Å². The number of nitro groups is 1. The van der Waals surface area contributed by atoms with Crippen molar-refractivity contribution in [2.75, 3.05) is 6.54 Å². The van der Waals surface area contributed by atoms with Crippen molar-refractivity contribution >= 4 is 23.7 Å². The minimum Gasteiger partial charge on any atom is -0.455 e. The smallest absolute Gasteiger partial charge is 0.273 e. The molecule has 0 atom stereocenters. The minimum atomic E-state index is -0.500. The van der Waals surface area contributed by atoms with Crippen LogP contribution < -0.4 is 10.7 Å². The lowest BCUT2D eigenvalue weighted by molar-refractivity contribution is -0.385. The second-order valence-electron chi connectivity index (χ2n) is 6.70. The van der Waals surface area contributed by atoms with Crippen LogP contribution in [0.4, 0.5) is 5.69 Å². The van der Waals surface area contributed by atoms with E-state index in [2.05, 4.69) is 15.8 Å². The predicted octanol–water partition coefficient (Wildman–Crippen LogP) is 3.35. The normalized spacial score (nSPS) is 10.8. The summed E-state index contributed by atoms with van der Waals surface area (Å²) in [5.74, 6) is -0.0515. The topological polar surface area (TPSA) is 127 Å². The maximum Gasteiger partial charge on any atom is 0.273 e. The first-order valence-corrected chi connectivity index (χ1v) is 9.36. The van der Waals surface area contributed by atoms with Gasteiger partial charge in [0.25, 0.3) is 17.5 Å². The van der Waals surface area contributed by atoms with E-state index in [9.17, 15) is 19.7 Å². The Morgan fingerprint density at radius 3 is 2.61 bits per heavy atom. The SMILES string of the molecule is Cc1ccccc1C(=O)NCC(=O)N/N=C/c1ccc(-c2cccc([N+](=O)[O-])c2C)o1. The van der Waals surface area contributed by atoms with E-state index in [0.29, 0.717) is 28.2 Å². The highest BCUT2D eigenvalue weighted by Gasteiger charge is 2.16. The number of hydrogen-bond donors (Lipinski definition) is 2. The van der Waals surface area contributed by atoms with Crippen molar-refractivity contribution in [3.8, 4) is 11.3 Å². The van der Waals surface area contributed by atoms with E-state index in [0.717, 1.165) is 5.56 Å². The zero-order chi connectivity index (χ0) is 22.4. The number of nitrogens with one attached hydrogen (secondary N) is 2. The van der Waals surface area contributed by atoms with Crippen LogP contribution in [0.5, 0.6) is 0 Å². The molecule has 1 aromatic heterocycles. The Kier molecular flexibility index (Phi) is 6.56. The first kappa shape index (κ1) is 21.4. The van der Waals surface area contributed by atoms with Crippen LogP contribution in [0.25, 0.3) is 11.3 Å². The van der Waals surface area contributed by atoms with Crippen molar-refractivity contribution < 1.29 is 18.9 Å². The molecule has 0 saturated heterocycles. The molecular weight excluding hydrogens is 400 g/mol. The van der Waals surface area contributed by atoms with Gasteiger partial charge in [0.05, 0.1) is 17.7 Å². The summed E-state index contributed by atoms with van der Waals surface area (Å²) in [6, 6.07) is 15.1. The van der Waals surface area contributed by atoms with Gasteiger partial charge in [-0.25, -0.2) is 5.43 Å². The van der Waals surface area contributed by atoms with Crippen molar-refractivity contribution in [3.05, 3.63) is 87.2 Å². The number of aryl methyl sites for hydroxylation is 1. The highest BCUT2D eigenvalue weighted by molar-refractivity contribution is 5.97. The van der Waals surface area contributed by atoms with Gasteiger partial charge < -0.3 is 9.73 Å². The van der Waals surface area contributed by atoms with Gasteiger partial charge in [-0.05, 0) is 37.6 Å². The number of amides is 2. The lowest BCUT2D eigenvalue weighted by atomic mass is 10.1. The molecule has 2 aromatic carbocycles. The quantitative estimate of drug-likeness (QED) is 0.344. The third kappa shape index (κ3) is 5.21. The average molecular weight is 420 g/mol. The molecule has 0 fully saturated rings. The summed E-state index contributed by atoms with van der Waals surface area (Å²) in [7, 11) is 0. The molecule has 2 amide bonds. The third-order valence-corrected chi connectivity index (χ3v) is 4.57. The fraction of sp³-hybridized carbons (Fsp3) is 0.136. The van der Waals surface area contributed by atoms with E-state index < -0.39 is 10.8 Å². The van der Waals surface area contributed by atoms with E-state index in [4.69, 9.17) is 4.42 Å². The Morgan fingerprint density at radius 1 is 1.10 bits per heavy atom. The second kappa shape index (κ2) is 9.49. The first-order chi connectivity index (χ1) is 14.9. The Labute approximate surface area is 177 Å². The first-order valence-electron chi connectivity index (χ1n) is 9.36. The van der Waals surface area contributed by atoms with Crippen LogP contribution in [0.15, 0.2) is 64.1 Å². The maximum atomic E-state index is 12.1. The van der Waals surface area contributed by atoms with Crippen LogP contribution in [0, 0.1) is 24.0 Å². The monoisotopic (exact) mass is 420 g/mol. The highest BCUT2D eigenvalue weighted by Crippen LogP contribution is 2.30. The van der Waals surface area contributed by atoms with Crippen molar-refractivity contribution in [2.24, 2.45) is 5.10 Å². The molecule has 31 heavy (non-hydrogen) atoms. The number of carbonyl (C=O) groups excluding carboxylic acids is 2. The van der Waals surface area contributed by atoms with Crippen molar-refractivity contribution in [1.82, 2.24) is 10.7 Å². The molecule has 158 valence electrons. The standard InChI is InChI=1S/C22H20N4O5/c1-14-6-3-4-7-17(14)22(28)23-13-21(27)25-24-12-16-10-11-20(31-16)18-8-5-9-19(15(18)2)26(29)30/h3-12H,13H2,1-2H3,(H,23,28)(H,25,27)/b24-12+. The van der Waals surface area contributed by atoms with Gasteiger partial charge in [-0.3, -0.25) is 19.7 Å². The zero-order valence-corrected chi connectivity index (χ0v) is 16.9. The number of benzene rings is 2. The minimum absolute atomic E-state index is 0.00382. The molecule has 0 spiro atoms. The molecule has 0 aliphatic heterocycles. The number of hydrazone groups is 1. The molecule has 3 aromatic rings. The van der Waals surface area contributed by atoms with Gasteiger partial charge in [0, 0.05) is 22.8 Å². The van der Waals surface area contributed by atoms with Gasteiger partial charge in [-0.2, -0.15) is 5.10 Å². The van der Waals surface area contributed by atoms with E-state index in [1.54, 1.807) is 43.3 Å². The molecule has 0 aliphatic rings. The maximum absolute atomic E-state index is 12.1. The summed E-state index contributed by atoms with van der Waals surface area (Å²) in [5.41, 5.74) is 4.70. The Hall–Kier alpha value is -4.27. The molecule has 3 rings (SSSR count). The van der Waals surface area contributed by atoms with Gasteiger partial charge in [-0.1, -0.05) is 30.3 Å². The van der Waals surface area contributed by atoms with Crippen LogP contribution in [0.2, 0.25) is 0 Å². The fourth-order valence-electron chi connectivity index (χ4n) is 2.95. The molecule has 0 unspecified atom stereocenters. The summed E-state index contributed by atoms with van der Waals surface area (Å²) in [6.45, 7) is 3.22. The van der Waals surface area contributed by atoms with Crippen molar-refractivity contribution in [3.63, 3.8) is 0 Å². The van der Waals surface area contributed by atoms with Gasteiger partial charge in [0.1, 0.15) is 11.5 Å². The van der Waals surface area contributed by atoms with Crippen LogP contribution in [0.1, 0.15) is 27.2 Å². The molecule has 2 N–H and O–H groups in total. The fourth-order valence-corrected chi connectivity index (χ4v) is 2.95. The van der Waals surface area contributed by atoms with E-state index in [1.807, 2.05) is 19.1 Å². The lowest BCUT2D eigenvalue weighted by Crippen LogP contribution is -2.35. The predicted molar refractivity (Wildman–Crippen MR) is 115 cm³/mol. The largest absolute Gasteiger partial charge is 0.455 e. The Bertz CT molecular complexity index is 1170. The summed E-state index contributed by atoms with van der Waals surface area (Å²) in [6.07, 6.45) is 1.30. The summed E-state index contributed by atoms with van der Waals surface area (Å²) >= 11 is 0. The van der Waals surface area contributed by atoms with Gasteiger partial charge in [0.15, 0.2) is 0 Å². The summed E-state index contributed by atoms with van der Waals surface area (Å²) < 4.78 is 5.64. The molecule has 0 saturated carbocycles. The van der Waals surface area contributed by atoms with Crippen LogP contribution in [-0.2, 0) is 4.79 Å². The molecule has 0 radical (unpaired) electrons.